The maximum atomic E-state index is 12.2. The van der Waals surface area contributed by atoms with Crippen LogP contribution in [0.15, 0.2) is 30.5 Å². The molecule has 3 rings (SSSR count). The van der Waals surface area contributed by atoms with E-state index in [0.29, 0.717) is 16.9 Å². The van der Waals surface area contributed by atoms with Crippen molar-refractivity contribution in [2.75, 3.05) is 12.4 Å². The first-order chi connectivity index (χ1) is 10.7. The highest BCUT2D eigenvalue weighted by Crippen LogP contribution is 2.16. The van der Waals surface area contributed by atoms with Crippen LogP contribution >= 0.6 is 0 Å². The van der Waals surface area contributed by atoms with Gasteiger partial charge in [-0.25, -0.2) is 9.78 Å². The van der Waals surface area contributed by atoms with E-state index in [0.717, 1.165) is 31.6 Å². The van der Waals surface area contributed by atoms with Gasteiger partial charge in [-0.15, -0.1) is 0 Å². The molecular weight excluding hydrogens is 282 g/mol. The number of ether oxygens (including phenoxy) is 1. The van der Waals surface area contributed by atoms with E-state index < -0.39 is 5.97 Å². The number of benzene rings is 1. The molecule has 1 aromatic carbocycles. The van der Waals surface area contributed by atoms with Gasteiger partial charge < -0.3 is 14.6 Å². The van der Waals surface area contributed by atoms with Crippen LogP contribution in [0.3, 0.4) is 0 Å². The summed E-state index contributed by atoms with van der Waals surface area (Å²) >= 11 is 0. The molecule has 1 aromatic heterocycles. The second-order valence-electron chi connectivity index (χ2n) is 5.22. The summed E-state index contributed by atoms with van der Waals surface area (Å²) in [5, 5.41) is 2.78. The van der Waals surface area contributed by atoms with Gasteiger partial charge in [-0.05, 0) is 37.1 Å². The SMILES string of the molecule is COC(=O)c1ccc(NC(=O)c2cn3c(n2)CCCC3)cc1. The van der Waals surface area contributed by atoms with E-state index in [9.17, 15) is 9.59 Å². The van der Waals surface area contributed by atoms with E-state index in [1.54, 1.807) is 30.5 Å². The van der Waals surface area contributed by atoms with Crippen LogP contribution < -0.4 is 5.32 Å². The number of anilines is 1. The topological polar surface area (TPSA) is 73.2 Å². The number of carbonyl (C=O) groups is 2. The molecule has 0 atom stereocenters. The molecule has 1 amide bonds. The molecule has 1 aliphatic heterocycles. The maximum absolute atomic E-state index is 12.2. The van der Waals surface area contributed by atoms with Crippen molar-refractivity contribution in [1.29, 1.82) is 0 Å². The number of aryl methyl sites for hydroxylation is 2. The second kappa shape index (κ2) is 6.01. The van der Waals surface area contributed by atoms with Crippen LogP contribution in [0.1, 0.15) is 39.5 Å². The fraction of sp³-hybridized carbons (Fsp3) is 0.312. The second-order valence-corrected chi connectivity index (χ2v) is 5.22. The van der Waals surface area contributed by atoms with Crippen molar-refractivity contribution in [2.45, 2.75) is 25.8 Å². The number of methoxy groups -OCH3 is 1. The fourth-order valence-corrected chi connectivity index (χ4v) is 2.52. The molecule has 22 heavy (non-hydrogen) atoms. The normalized spacial score (nSPS) is 13.3. The Bertz CT molecular complexity index is 680. The lowest BCUT2D eigenvalue weighted by Crippen LogP contribution is -2.12. The number of hydrogen-bond donors (Lipinski definition) is 1. The first-order valence-corrected chi connectivity index (χ1v) is 7.23. The number of nitrogens with one attached hydrogen (secondary N) is 1. The molecule has 0 saturated carbocycles. The van der Waals surface area contributed by atoms with Crippen LogP contribution in [-0.4, -0.2) is 28.5 Å². The Morgan fingerprint density at radius 2 is 2.00 bits per heavy atom. The maximum Gasteiger partial charge on any atom is 0.337 e. The Morgan fingerprint density at radius 1 is 1.23 bits per heavy atom. The molecule has 0 saturated heterocycles. The zero-order valence-corrected chi connectivity index (χ0v) is 12.3. The molecule has 0 bridgehead atoms. The predicted molar refractivity (Wildman–Crippen MR) is 80.9 cm³/mol. The molecule has 1 N–H and O–H groups in total. The van der Waals surface area contributed by atoms with Crippen molar-refractivity contribution in [3.8, 4) is 0 Å². The molecule has 114 valence electrons. The van der Waals surface area contributed by atoms with Crippen molar-refractivity contribution >= 4 is 17.6 Å². The van der Waals surface area contributed by atoms with Gasteiger partial charge in [0.15, 0.2) is 0 Å². The summed E-state index contributed by atoms with van der Waals surface area (Å²) in [4.78, 5) is 28.0. The van der Waals surface area contributed by atoms with Gasteiger partial charge >= 0.3 is 5.97 Å². The number of hydrogen-bond acceptors (Lipinski definition) is 4. The predicted octanol–water partition coefficient (Wildman–Crippen LogP) is 2.26. The third-order valence-corrected chi connectivity index (χ3v) is 3.71. The van der Waals surface area contributed by atoms with E-state index in [4.69, 9.17) is 0 Å². The van der Waals surface area contributed by atoms with Crippen LogP contribution in [0.4, 0.5) is 5.69 Å². The smallest absolute Gasteiger partial charge is 0.337 e. The number of imidazole rings is 1. The first-order valence-electron chi connectivity index (χ1n) is 7.23. The molecule has 2 heterocycles. The van der Waals surface area contributed by atoms with Gasteiger partial charge in [-0.1, -0.05) is 0 Å². The lowest BCUT2D eigenvalue weighted by atomic mass is 10.2. The van der Waals surface area contributed by atoms with Crippen LogP contribution in [-0.2, 0) is 17.7 Å². The van der Waals surface area contributed by atoms with Crippen LogP contribution in [0.2, 0.25) is 0 Å². The Hall–Kier alpha value is -2.63. The highest BCUT2D eigenvalue weighted by molar-refractivity contribution is 6.03. The minimum Gasteiger partial charge on any atom is -0.465 e. The van der Waals surface area contributed by atoms with Gasteiger partial charge in [0.05, 0.1) is 12.7 Å². The summed E-state index contributed by atoms with van der Waals surface area (Å²) in [5.74, 6) is 0.324. The van der Waals surface area contributed by atoms with Crippen LogP contribution in [0, 0.1) is 0 Å². The van der Waals surface area contributed by atoms with Crippen molar-refractivity contribution in [1.82, 2.24) is 9.55 Å². The van der Waals surface area contributed by atoms with Gasteiger partial charge in [-0.3, -0.25) is 4.79 Å². The van der Waals surface area contributed by atoms with Gasteiger partial charge in [0.1, 0.15) is 11.5 Å². The Morgan fingerprint density at radius 3 is 2.68 bits per heavy atom. The monoisotopic (exact) mass is 299 g/mol. The van der Waals surface area contributed by atoms with Crippen LogP contribution in [0.5, 0.6) is 0 Å². The third kappa shape index (κ3) is 2.86. The lowest BCUT2D eigenvalue weighted by molar-refractivity contribution is 0.0600. The molecule has 0 aliphatic carbocycles. The lowest BCUT2D eigenvalue weighted by Gasteiger charge is -2.11. The van der Waals surface area contributed by atoms with Crippen molar-refractivity contribution in [3.05, 3.63) is 47.5 Å². The van der Waals surface area contributed by atoms with Gasteiger partial charge in [0.2, 0.25) is 0 Å². The summed E-state index contributed by atoms with van der Waals surface area (Å²) in [6, 6.07) is 6.56. The van der Waals surface area contributed by atoms with E-state index >= 15 is 0 Å². The van der Waals surface area contributed by atoms with Gasteiger partial charge in [0.25, 0.3) is 5.91 Å². The molecule has 0 radical (unpaired) electrons. The number of fused-ring (bicyclic) bond motifs is 1. The summed E-state index contributed by atoms with van der Waals surface area (Å²) in [7, 11) is 1.33. The van der Waals surface area contributed by atoms with Crippen molar-refractivity contribution in [2.24, 2.45) is 0 Å². The molecule has 0 unspecified atom stereocenters. The minimum atomic E-state index is -0.403. The zero-order chi connectivity index (χ0) is 15.5. The number of rotatable bonds is 3. The van der Waals surface area contributed by atoms with Gasteiger partial charge in [0, 0.05) is 24.8 Å². The Kier molecular flexibility index (Phi) is 3.91. The van der Waals surface area contributed by atoms with E-state index in [1.807, 2.05) is 4.57 Å². The molecule has 0 spiro atoms. The average Bonchev–Trinajstić information content (AvgIpc) is 2.99. The first kappa shape index (κ1) is 14.3. The summed E-state index contributed by atoms with van der Waals surface area (Å²) < 4.78 is 6.67. The third-order valence-electron chi connectivity index (χ3n) is 3.71. The van der Waals surface area contributed by atoms with Crippen LogP contribution in [0.25, 0.3) is 0 Å². The molecule has 2 aromatic rings. The van der Waals surface area contributed by atoms with Gasteiger partial charge in [-0.2, -0.15) is 0 Å². The quantitative estimate of drug-likeness (QED) is 0.882. The van der Waals surface area contributed by atoms with Crippen molar-refractivity contribution in [3.63, 3.8) is 0 Å². The summed E-state index contributed by atoms with van der Waals surface area (Å²) in [5.41, 5.74) is 1.48. The summed E-state index contributed by atoms with van der Waals surface area (Å²) in [6.07, 6.45) is 4.96. The number of nitrogens with zero attached hydrogens (tertiary/aromatic N) is 2. The number of carbonyl (C=O) groups excluding carboxylic acids is 2. The molecule has 1 aliphatic rings. The minimum absolute atomic E-state index is 0.243. The zero-order valence-electron chi connectivity index (χ0n) is 12.3. The largest absolute Gasteiger partial charge is 0.465 e. The van der Waals surface area contributed by atoms with E-state index in [1.165, 1.54) is 7.11 Å². The average molecular weight is 299 g/mol. The number of amides is 1. The Balaban J connectivity index is 1.71. The highest BCUT2D eigenvalue weighted by atomic mass is 16.5. The van der Waals surface area contributed by atoms with E-state index in [-0.39, 0.29) is 5.91 Å². The van der Waals surface area contributed by atoms with E-state index in [2.05, 4.69) is 15.0 Å². The van der Waals surface area contributed by atoms with Crippen molar-refractivity contribution < 1.29 is 14.3 Å². The standard InChI is InChI=1S/C16H17N3O3/c1-22-16(21)11-5-7-12(8-6-11)17-15(20)13-10-19-9-3-2-4-14(19)18-13/h5-8,10H,2-4,9H2,1H3,(H,17,20). The molecule has 6 heteroatoms. The fourth-order valence-electron chi connectivity index (χ4n) is 2.52. The highest BCUT2D eigenvalue weighted by Gasteiger charge is 2.17. The molecular formula is C16H17N3O3. The molecule has 0 fully saturated rings. The molecule has 6 nitrogen and oxygen atoms in total. The number of esters is 1. The number of aromatic nitrogens is 2. The Labute approximate surface area is 128 Å². The summed E-state index contributed by atoms with van der Waals surface area (Å²) in [6.45, 7) is 0.920.